The Balaban J connectivity index is 1.69. The van der Waals surface area contributed by atoms with Crippen molar-refractivity contribution in [3.8, 4) is 6.07 Å². The molecule has 128 valence electrons. The number of benzene rings is 2. The summed E-state index contributed by atoms with van der Waals surface area (Å²) >= 11 is 11.8. The third-order valence-electron chi connectivity index (χ3n) is 3.34. The molecule has 1 amide bonds. The quantitative estimate of drug-likeness (QED) is 0.683. The zero-order chi connectivity index (χ0) is 18.5. The van der Waals surface area contributed by atoms with Crippen LogP contribution < -0.4 is 10.6 Å². The number of carbonyl (C=O) groups is 1. The van der Waals surface area contributed by atoms with Crippen molar-refractivity contribution in [3.05, 3.63) is 75.9 Å². The van der Waals surface area contributed by atoms with E-state index >= 15 is 0 Å². The largest absolute Gasteiger partial charge is 0.339 e. The second-order valence-electron chi connectivity index (χ2n) is 5.20. The van der Waals surface area contributed by atoms with Crippen LogP contribution in [0.2, 0.25) is 10.0 Å². The number of nitrogens with zero attached hydrogens (tertiary/aromatic N) is 3. The Morgan fingerprint density at radius 1 is 0.962 bits per heavy atom. The molecule has 0 spiro atoms. The molecule has 3 aromatic rings. The van der Waals surface area contributed by atoms with Gasteiger partial charge in [0.15, 0.2) is 11.5 Å². The van der Waals surface area contributed by atoms with Crippen molar-refractivity contribution in [1.82, 2.24) is 10.2 Å². The molecule has 0 saturated carbocycles. The van der Waals surface area contributed by atoms with Gasteiger partial charge < -0.3 is 10.6 Å². The minimum Gasteiger partial charge on any atom is -0.339 e. The van der Waals surface area contributed by atoms with E-state index in [0.29, 0.717) is 32.8 Å². The molecule has 0 unspecified atom stereocenters. The van der Waals surface area contributed by atoms with E-state index in [1.165, 1.54) is 6.07 Å². The molecule has 2 N–H and O–H groups in total. The molecule has 3 rings (SSSR count). The lowest BCUT2D eigenvalue weighted by atomic mass is 10.2. The van der Waals surface area contributed by atoms with Crippen molar-refractivity contribution in [3.63, 3.8) is 0 Å². The Labute approximate surface area is 159 Å². The lowest BCUT2D eigenvalue weighted by Gasteiger charge is -2.07. The second kappa shape index (κ2) is 7.83. The van der Waals surface area contributed by atoms with Gasteiger partial charge in [0.2, 0.25) is 0 Å². The van der Waals surface area contributed by atoms with E-state index in [-0.39, 0.29) is 5.69 Å². The summed E-state index contributed by atoms with van der Waals surface area (Å²) in [5, 5.41) is 23.2. The summed E-state index contributed by atoms with van der Waals surface area (Å²) in [7, 11) is 0. The van der Waals surface area contributed by atoms with E-state index in [2.05, 4.69) is 26.9 Å². The molecular formula is C18H11Cl2N5O. The maximum atomic E-state index is 12.2. The minimum atomic E-state index is -0.422. The van der Waals surface area contributed by atoms with E-state index < -0.39 is 5.91 Å². The standard InChI is InChI=1S/C18H11Cl2N5O/c19-14-5-4-13(9-15(14)20)23-18(26)16-6-7-17(25-24-16)22-12-3-1-2-11(8-12)10-21/h1-9H,(H,22,25)(H,23,26). The van der Waals surface area contributed by atoms with Crippen molar-refractivity contribution in [1.29, 1.82) is 5.26 Å². The first-order valence-corrected chi connectivity index (χ1v) is 8.18. The van der Waals surface area contributed by atoms with E-state index in [1.54, 1.807) is 48.5 Å². The SMILES string of the molecule is N#Cc1cccc(Nc2ccc(C(=O)Nc3ccc(Cl)c(Cl)c3)nn2)c1. The third kappa shape index (κ3) is 4.28. The molecule has 26 heavy (non-hydrogen) atoms. The molecule has 0 aliphatic rings. The first kappa shape index (κ1) is 17.7. The summed E-state index contributed by atoms with van der Waals surface area (Å²) in [4.78, 5) is 12.2. The van der Waals surface area contributed by atoms with Crippen molar-refractivity contribution in [2.45, 2.75) is 0 Å². The second-order valence-corrected chi connectivity index (χ2v) is 6.02. The summed E-state index contributed by atoms with van der Waals surface area (Å²) in [5.41, 5.74) is 1.88. The van der Waals surface area contributed by atoms with Crippen molar-refractivity contribution >= 4 is 46.3 Å². The molecular weight excluding hydrogens is 373 g/mol. The van der Waals surface area contributed by atoms with Gasteiger partial charge in [-0.05, 0) is 48.5 Å². The highest BCUT2D eigenvalue weighted by Gasteiger charge is 2.10. The van der Waals surface area contributed by atoms with Gasteiger partial charge >= 0.3 is 0 Å². The highest BCUT2D eigenvalue weighted by Crippen LogP contribution is 2.25. The number of nitriles is 1. The van der Waals surface area contributed by atoms with Gasteiger partial charge in [-0.25, -0.2) is 0 Å². The van der Waals surface area contributed by atoms with Crippen LogP contribution in [-0.4, -0.2) is 16.1 Å². The topological polar surface area (TPSA) is 90.7 Å². The molecule has 0 bridgehead atoms. The first-order chi connectivity index (χ1) is 12.5. The van der Waals surface area contributed by atoms with Gasteiger partial charge in [-0.1, -0.05) is 29.3 Å². The van der Waals surface area contributed by atoms with Gasteiger partial charge in [-0.3, -0.25) is 4.79 Å². The Bertz CT molecular complexity index is 999. The lowest BCUT2D eigenvalue weighted by Crippen LogP contribution is -2.14. The van der Waals surface area contributed by atoms with Gasteiger partial charge in [0.05, 0.1) is 21.7 Å². The van der Waals surface area contributed by atoms with Gasteiger partial charge in [0.25, 0.3) is 5.91 Å². The highest BCUT2D eigenvalue weighted by molar-refractivity contribution is 6.42. The van der Waals surface area contributed by atoms with Crippen LogP contribution >= 0.6 is 23.2 Å². The van der Waals surface area contributed by atoms with Crippen LogP contribution in [0.4, 0.5) is 17.2 Å². The van der Waals surface area contributed by atoms with E-state index in [4.69, 9.17) is 28.5 Å². The van der Waals surface area contributed by atoms with Crippen LogP contribution in [0.3, 0.4) is 0 Å². The molecule has 0 radical (unpaired) electrons. The summed E-state index contributed by atoms with van der Waals surface area (Å²) in [6.45, 7) is 0. The molecule has 0 aliphatic heterocycles. The summed E-state index contributed by atoms with van der Waals surface area (Å²) in [6.07, 6.45) is 0. The van der Waals surface area contributed by atoms with E-state index in [1.807, 2.05) is 0 Å². The molecule has 1 aromatic heterocycles. The highest BCUT2D eigenvalue weighted by atomic mass is 35.5. The number of nitrogens with one attached hydrogen (secondary N) is 2. The Morgan fingerprint density at radius 2 is 1.81 bits per heavy atom. The molecule has 2 aromatic carbocycles. The number of carbonyl (C=O) groups excluding carboxylic acids is 1. The van der Waals surface area contributed by atoms with Crippen molar-refractivity contribution < 1.29 is 4.79 Å². The number of hydrogen-bond acceptors (Lipinski definition) is 5. The number of amides is 1. The molecule has 1 heterocycles. The van der Waals surface area contributed by atoms with Crippen LogP contribution in [0.5, 0.6) is 0 Å². The van der Waals surface area contributed by atoms with Crippen LogP contribution in [-0.2, 0) is 0 Å². The van der Waals surface area contributed by atoms with Crippen LogP contribution in [0.25, 0.3) is 0 Å². The van der Waals surface area contributed by atoms with Crippen LogP contribution in [0, 0.1) is 11.3 Å². The Morgan fingerprint density at radius 3 is 2.50 bits per heavy atom. The Kier molecular flexibility index (Phi) is 5.32. The van der Waals surface area contributed by atoms with E-state index in [9.17, 15) is 4.79 Å². The molecule has 0 saturated heterocycles. The van der Waals surface area contributed by atoms with Gasteiger partial charge in [-0.2, -0.15) is 5.26 Å². The fourth-order valence-electron chi connectivity index (χ4n) is 2.10. The molecule has 0 aliphatic carbocycles. The van der Waals surface area contributed by atoms with Crippen molar-refractivity contribution in [2.75, 3.05) is 10.6 Å². The normalized spacial score (nSPS) is 10.0. The summed E-state index contributed by atoms with van der Waals surface area (Å²) in [6, 6.07) is 16.9. The maximum absolute atomic E-state index is 12.2. The number of rotatable bonds is 4. The van der Waals surface area contributed by atoms with Crippen molar-refractivity contribution in [2.24, 2.45) is 0 Å². The number of halogens is 2. The predicted octanol–water partition coefficient (Wildman–Crippen LogP) is 4.65. The van der Waals surface area contributed by atoms with Gasteiger partial charge in [0.1, 0.15) is 0 Å². The average molecular weight is 384 g/mol. The first-order valence-electron chi connectivity index (χ1n) is 7.42. The zero-order valence-electron chi connectivity index (χ0n) is 13.2. The minimum absolute atomic E-state index is 0.146. The smallest absolute Gasteiger partial charge is 0.276 e. The molecule has 0 fully saturated rings. The summed E-state index contributed by atoms with van der Waals surface area (Å²) in [5.74, 6) is 0.0279. The third-order valence-corrected chi connectivity index (χ3v) is 4.08. The van der Waals surface area contributed by atoms with E-state index in [0.717, 1.165) is 0 Å². The predicted molar refractivity (Wildman–Crippen MR) is 101 cm³/mol. The average Bonchev–Trinajstić information content (AvgIpc) is 2.65. The number of aromatic nitrogens is 2. The summed E-state index contributed by atoms with van der Waals surface area (Å²) < 4.78 is 0. The number of anilines is 3. The fraction of sp³-hybridized carbons (Fsp3) is 0. The lowest BCUT2D eigenvalue weighted by molar-refractivity contribution is 0.102. The fourth-order valence-corrected chi connectivity index (χ4v) is 2.40. The zero-order valence-corrected chi connectivity index (χ0v) is 14.7. The molecule has 8 heteroatoms. The monoisotopic (exact) mass is 383 g/mol. The maximum Gasteiger partial charge on any atom is 0.276 e. The van der Waals surface area contributed by atoms with Crippen LogP contribution in [0.1, 0.15) is 16.1 Å². The van der Waals surface area contributed by atoms with Crippen LogP contribution in [0.15, 0.2) is 54.6 Å². The molecule has 0 atom stereocenters. The number of hydrogen-bond donors (Lipinski definition) is 2. The van der Waals surface area contributed by atoms with Gasteiger partial charge in [-0.15, -0.1) is 10.2 Å². The molecule has 6 nitrogen and oxygen atoms in total. The van der Waals surface area contributed by atoms with Gasteiger partial charge in [0, 0.05) is 11.4 Å². The Hall–Kier alpha value is -3.14.